The second-order valence-electron chi connectivity index (χ2n) is 4.88. The number of aryl methyl sites for hydroxylation is 2. The Hall–Kier alpha value is -2.01. The van der Waals surface area contributed by atoms with E-state index in [-0.39, 0.29) is 0 Å². The fourth-order valence-corrected chi connectivity index (χ4v) is 3.20. The van der Waals surface area contributed by atoms with Crippen molar-refractivity contribution in [2.75, 3.05) is 11.9 Å². The molecule has 3 aromatic rings. The van der Waals surface area contributed by atoms with E-state index in [4.69, 9.17) is 4.98 Å². The second kappa shape index (κ2) is 5.77. The van der Waals surface area contributed by atoms with Gasteiger partial charge in [0.1, 0.15) is 16.3 Å². The van der Waals surface area contributed by atoms with Crippen LogP contribution in [0.1, 0.15) is 24.4 Å². The van der Waals surface area contributed by atoms with Crippen LogP contribution in [0.3, 0.4) is 0 Å². The summed E-state index contributed by atoms with van der Waals surface area (Å²) < 4.78 is 0. The molecule has 3 heterocycles. The number of hydrogen-bond acceptors (Lipinski definition) is 5. The van der Waals surface area contributed by atoms with Crippen molar-refractivity contribution >= 4 is 27.4 Å². The summed E-state index contributed by atoms with van der Waals surface area (Å²) >= 11 is 1.73. The van der Waals surface area contributed by atoms with Crippen molar-refractivity contribution in [3.63, 3.8) is 0 Å². The van der Waals surface area contributed by atoms with Crippen molar-refractivity contribution in [1.29, 1.82) is 0 Å². The molecule has 0 atom stereocenters. The van der Waals surface area contributed by atoms with Gasteiger partial charge in [0.15, 0.2) is 5.82 Å². The Morgan fingerprint density at radius 2 is 2.00 bits per heavy atom. The molecule has 1 N–H and O–H groups in total. The number of hydrogen-bond donors (Lipinski definition) is 1. The highest BCUT2D eigenvalue weighted by molar-refractivity contribution is 7.18. The number of nitrogens with zero attached hydrogens (tertiary/aromatic N) is 3. The van der Waals surface area contributed by atoms with E-state index in [1.54, 1.807) is 11.3 Å². The molecule has 0 fully saturated rings. The lowest BCUT2D eigenvalue weighted by Gasteiger charge is -2.07. The minimum Gasteiger partial charge on any atom is -0.370 e. The highest BCUT2D eigenvalue weighted by Crippen LogP contribution is 2.31. The lowest BCUT2D eigenvalue weighted by atomic mass is 10.2. The van der Waals surface area contributed by atoms with Crippen LogP contribution in [0.5, 0.6) is 0 Å². The Morgan fingerprint density at radius 3 is 2.71 bits per heavy atom. The molecule has 4 nitrogen and oxygen atoms in total. The van der Waals surface area contributed by atoms with Gasteiger partial charge in [-0.15, -0.1) is 11.3 Å². The van der Waals surface area contributed by atoms with Gasteiger partial charge in [0.25, 0.3) is 0 Å². The molecule has 0 aliphatic rings. The first-order chi connectivity index (χ1) is 10.2. The van der Waals surface area contributed by atoms with Gasteiger partial charge >= 0.3 is 0 Å². The molecule has 0 saturated heterocycles. The van der Waals surface area contributed by atoms with E-state index < -0.39 is 0 Å². The van der Waals surface area contributed by atoms with Crippen LogP contribution in [0.2, 0.25) is 0 Å². The maximum absolute atomic E-state index is 4.70. The number of aromatic nitrogens is 3. The topological polar surface area (TPSA) is 50.7 Å². The molecule has 0 saturated carbocycles. The van der Waals surface area contributed by atoms with Crippen LogP contribution in [0.25, 0.3) is 21.7 Å². The first-order valence-electron chi connectivity index (χ1n) is 7.19. The zero-order valence-corrected chi connectivity index (χ0v) is 13.3. The Bertz CT molecular complexity index is 779. The van der Waals surface area contributed by atoms with Crippen molar-refractivity contribution in [1.82, 2.24) is 15.0 Å². The maximum Gasteiger partial charge on any atom is 0.181 e. The van der Waals surface area contributed by atoms with Gasteiger partial charge in [-0.25, -0.2) is 15.0 Å². The van der Waals surface area contributed by atoms with Crippen molar-refractivity contribution in [2.24, 2.45) is 0 Å². The monoisotopic (exact) mass is 298 g/mol. The van der Waals surface area contributed by atoms with Gasteiger partial charge in [0.2, 0.25) is 0 Å². The minimum absolute atomic E-state index is 0.687. The third-order valence-corrected chi connectivity index (χ3v) is 4.43. The highest BCUT2D eigenvalue weighted by Gasteiger charge is 2.12. The van der Waals surface area contributed by atoms with Crippen LogP contribution >= 0.6 is 11.3 Å². The predicted octanol–water partition coefficient (Wildman–Crippen LogP) is 4.06. The standard InChI is InChI=1S/C16H18N4S/c1-4-11-9-12-14(17-5-2)19-15(20-16(12)21-11)13-8-6-7-10(3)18-13/h6-9H,4-5H2,1-3H3,(H,17,19,20). The number of anilines is 1. The lowest BCUT2D eigenvalue weighted by Crippen LogP contribution is -2.02. The van der Waals surface area contributed by atoms with E-state index in [1.807, 2.05) is 25.1 Å². The Labute approximate surface area is 128 Å². The van der Waals surface area contributed by atoms with E-state index in [2.05, 4.69) is 35.2 Å². The van der Waals surface area contributed by atoms with Crippen molar-refractivity contribution in [2.45, 2.75) is 27.2 Å². The quantitative estimate of drug-likeness (QED) is 0.789. The number of rotatable bonds is 4. The summed E-state index contributed by atoms with van der Waals surface area (Å²) in [4.78, 5) is 16.3. The largest absolute Gasteiger partial charge is 0.370 e. The molecule has 0 aromatic carbocycles. The first-order valence-corrected chi connectivity index (χ1v) is 8.01. The summed E-state index contributed by atoms with van der Waals surface area (Å²) in [5, 5.41) is 4.45. The number of thiophene rings is 1. The second-order valence-corrected chi connectivity index (χ2v) is 5.99. The minimum atomic E-state index is 0.687. The Morgan fingerprint density at radius 1 is 1.14 bits per heavy atom. The SMILES string of the molecule is CCNc1nc(-c2cccc(C)n2)nc2sc(CC)cc12. The van der Waals surface area contributed by atoms with Gasteiger partial charge in [-0.2, -0.15) is 0 Å². The smallest absolute Gasteiger partial charge is 0.181 e. The maximum atomic E-state index is 4.70. The molecule has 0 unspecified atom stereocenters. The average Bonchev–Trinajstić information content (AvgIpc) is 2.91. The van der Waals surface area contributed by atoms with Crippen LogP contribution in [-0.4, -0.2) is 21.5 Å². The summed E-state index contributed by atoms with van der Waals surface area (Å²) in [6, 6.07) is 8.11. The predicted molar refractivity (Wildman–Crippen MR) is 88.9 cm³/mol. The Kier molecular flexibility index (Phi) is 3.84. The zero-order chi connectivity index (χ0) is 14.8. The van der Waals surface area contributed by atoms with Gasteiger partial charge in [0, 0.05) is 17.1 Å². The van der Waals surface area contributed by atoms with E-state index in [9.17, 15) is 0 Å². The van der Waals surface area contributed by atoms with Crippen molar-refractivity contribution in [3.8, 4) is 11.5 Å². The first kappa shape index (κ1) is 13.9. The molecule has 0 aliphatic carbocycles. The third-order valence-electron chi connectivity index (χ3n) is 3.25. The van der Waals surface area contributed by atoms with Gasteiger partial charge in [0.05, 0.1) is 5.39 Å². The van der Waals surface area contributed by atoms with Crippen LogP contribution in [-0.2, 0) is 6.42 Å². The van der Waals surface area contributed by atoms with Crippen molar-refractivity contribution < 1.29 is 0 Å². The van der Waals surface area contributed by atoms with Gasteiger partial charge in [-0.05, 0) is 38.5 Å². The number of nitrogens with one attached hydrogen (secondary N) is 1. The summed E-state index contributed by atoms with van der Waals surface area (Å²) in [5.74, 6) is 1.59. The molecular weight excluding hydrogens is 280 g/mol. The molecule has 108 valence electrons. The molecule has 0 spiro atoms. The summed E-state index contributed by atoms with van der Waals surface area (Å²) in [7, 11) is 0. The normalized spacial score (nSPS) is 11.0. The highest BCUT2D eigenvalue weighted by atomic mass is 32.1. The molecule has 3 rings (SSSR count). The number of fused-ring (bicyclic) bond motifs is 1. The molecule has 0 amide bonds. The molecule has 0 radical (unpaired) electrons. The van der Waals surface area contributed by atoms with Crippen LogP contribution in [0.4, 0.5) is 5.82 Å². The van der Waals surface area contributed by atoms with E-state index in [0.29, 0.717) is 5.82 Å². The average molecular weight is 298 g/mol. The van der Waals surface area contributed by atoms with Crippen LogP contribution < -0.4 is 5.32 Å². The summed E-state index contributed by atoms with van der Waals surface area (Å²) in [5.41, 5.74) is 1.80. The molecule has 21 heavy (non-hydrogen) atoms. The Balaban J connectivity index is 2.19. The fraction of sp³-hybridized carbons (Fsp3) is 0.312. The summed E-state index contributed by atoms with van der Waals surface area (Å²) in [6.07, 6.45) is 1.02. The molecule has 0 aliphatic heterocycles. The number of pyridine rings is 1. The van der Waals surface area contributed by atoms with Gasteiger partial charge in [-0.1, -0.05) is 13.0 Å². The van der Waals surface area contributed by atoms with Gasteiger partial charge in [-0.3, -0.25) is 0 Å². The fourth-order valence-electron chi connectivity index (χ4n) is 2.23. The molecular formula is C16H18N4S. The zero-order valence-electron chi connectivity index (χ0n) is 12.5. The van der Waals surface area contributed by atoms with Gasteiger partial charge < -0.3 is 5.32 Å². The summed E-state index contributed by atoms with van der Waals surface area (Å²) in [6.45, 7) is 7.05. The van der Waals surface area contributed by atoms with Crippen LogP contribution in [0.15, 0.2) is 24.3 Å². The lowest BCUT2D eigenvalue weighted by molar-refractivity contribution is 1.12. The van der Waals surface area contributed by atoms with Crippen LogP contribution in [0, 0.1) is 6.92 Å². The van der Waals surface area contributed by atoms with E-state index in [0.717, 1.165) is 40.4 Å². The molecule has 5 heteroatoms. The van der Waals surface area contributed by atoms with Crippen molar-refractivity contribution in [3.05, 3.63) is 34.8 Å². The van der Waals surface area contributed by atoms with E-state index in [1.165, 1.54) is 4.88 Å². The third kappa shape index (κ3) is 2.74. The molecule has 3 aromatic heterocycles. The molecule has 0 bridgehead atoms. The van der Waals surface area contributed by atoms with E-state index >= 15 is 0 Å².